The number of amides is 1. The minimum Gasteiger partial charge on any atom is -0.482 e. The zero-order chi connectivity index (χ0) is 9.84. The molecule has 1 rings (SSSR count). The van der Waals surface area contributed by atoms with Crippen LogP contribution in [0.2, 0.25) is 10.0 Å². The number of carbonyl (C=O) groups excluding carboxylic acids is 1. The van der Waals surface area contributed by atoms with E-state index in [9.17, 15) is 4.79 Å². The van der Waals surface area contributed by atoms with Gasteiger partial charge in [0, 0.05) is 5.02 Å². The summed E-state index contributed by atoms with van der Waals surface area (Å²) < 4.78 is 4.93. The summed E-state index contributed by atoms with van der Waals surface area (Å²) in [4.78, 5) is 10.3. The van der Waals surface area contributed by atoms with Crippen molar-refractivity contribution < 1.29 is 9.53 Å². The van der Waals surface area contributed by atoms with Crippen molar-refractivity contribution in [3.05, 3.63) is 28.2 Å². The Morgan fingerprint density at radius 2 is 2.15 bits per heavy atom. The Balaban J connectivity index is 2.72. The van der Waals surface area contributed by atoms with Crippen molar-refractivity contribution in [3.63, 3.8) is 0 Å². The first-order valence-electron chi connectivity index (χ1n) is 3.42. The molecule has 1 amide bonds. The van der Waals surface area contributed by atoms with Crippen LogP contribution in [0.15, 0.2) is 18.2 Å². The highest BCUT2D eigenvalue weighted by Crippen LogP contribution is 2.27. The SMILES string of the molecule is [NH]C(=O)COc1ccc(Cl)cc1Cl. The first kappa shape index (κ1) is 10.2. The summed E-state index contributed by atoms with van der Waals surface area (Å²) in [6.45, 7) is -0.304. The van der Waals surface area contributed by atoms with Gasteiger partial charge in [0.1, 0.15) is 5.75 Å². The Bertz CT molecular complexity index is 328. The second kappa shape index (κ2) is 4.35. The van der Waals surface area contributed by atoms with Crippen LogP contribution in [-0.4, -0.2) is 12.5 Å². The lowest BCUT2D eigenvalue weighted by molar-refractivity contribution is -0.120. The van der Waals surface area contributed by atoms with E-state index in [0.717, 1.165) is 0 Å². The summed E-state index contributed by atoms with van der Waals surface area (Å²) in [7, 11) is 0. The molecule has 1 aromatic carbocycles. The molecule has 0 aliphatic heterocycles. The molecule has 3 nitrogen and oxygen atoms in total. The molecule has 0 aliphatic carbocycles. The monoisotopic (exact) mass is 218 g/mol. The van der Waals surface area contributed by atoms with E-state index in [0.29, 0.717) is 15.8 Å². The lowest BCUT2D eigenvalue weighted by Crippen LogP contribution is -2.11. The number of benzene rings is 1. The molecule has 1 aromatic rings. The van der Waals surface area contributed by atoms with Crippen LogP contribution in [0.5, 0.6) is 5.75 Å². The maximum absolute atomic E-state index is 10.3. The highest BCUT2D eigenvalue weighted by atomic mass is 35.5. The number of hydrogen-bond donors (Lipinski definition) is 0. The van der Waals surface area contributed by atoms with Crippen molar-refractivity contribution in [1.29, 1.82) is 0 Å². The fourth-order valence-electron chi connectivity index (χ4n) is 0.736. The normalized spacial score (nSPS) is 9.69. The van der Waals surface area contributed by atoms with Crippen LogP contribution in [0, 0.1) is 0 Å². The van der Waals surface area contributed by atoms with Crippen LogP contribution in [-0.2, 0) is 4.79 Å². The van der Waals surface area contributed by atoms with E-state index in [1.165, 1.54) is 6.07 Å². The maximum atomic E-state index is 10.3. The third-order valence-electron chi connectivity index (χ3n) is 1.25. The average molecular weight is 219 g/mol. The van der Waals surface area contributed by atoms with E-state index in [-0.39, 0.29) is 6.61 Å². The molecule has 1 N–H and O–H groups in total. The Morgan fingerprint density at radius 1 is 1.46 bits per heavy atom. The van der Waals surface area contributed by atoms with E-state index in [4.69, 9.17) is 33.7 Å². The molecule has 69 valence electrons. The van der Waals surface area contributed by atoms with Crippen LogP contribution in [0.1, 0.15) is 0 Å². The molecule has 0 saturated carbocycles. The quantitative estimate of drug-likeness (QED) is 0.782. The smallest absolute Gasteiger partial charge is 0.276 e. The van der Waals surface area contributed by atoms with Crippen LogP contribution in [0.3, 0.4) is 0 Å². The molecule has 0 heterocycles. The van der Waals surface area contributed by atoms with Crippen LogP contribution >= 0.6 is 23.2 Å². The van der Waals surface area contributed by atoms with E-state index >= 15 is 0 Å². The van der Waals surface area contributed by atoms with E-state index in [1.54, 1.807) is 12.1 Å². The van der Waals surface area contributed by atoms with Gasteiger partial charge < -0.3 is 4.74 Å². The van der Waals surface area contributed by atoms with Crippen molar-refractivity contribution >= 4 is 29.1 Å². The standard InChI is InChI=1S/C8H6Cl2NO2/c9-5-1-2-7(6(10)3-5)13-4-8(11)12/h1-3,11H,4H2. The Morgan fingerprint density at radius 3 is 2.69 bits per heavy atom. The third-order valence-corrected chi connectivity index (χ3v) is 1.78. The van der Waals surface area contributed by atoms with Gasteiger partial charge in [0.2, 0.25) is 0 Å². The first-order valence-corrected chi connectivity index (χ1v) is 4.17. The van der Waals surface area contributed by atoms with Gasteiger partial charge in [-0.25, -0.2) is 0 Å². The highest BCUT2D eigenvalue weighted by molar-refractivity contribution is 6.35. The number of nitrogens with one attached hydrogen (secondary N) is 1. The number of ether oxygens (including phenoxy) is 1. The fraction of sp³-hybridized carbons (Fsp3) is 0.125. The molecule has 5 heteroatoms. The van der Waals surface area contributed by atoms with Crippen LogP contribution in [0.25, 0.3) is 0 Å². The lowest BCUT2D eigenvalue weighted by Gasteiger charge is -2.04. The summed E-state index contributed by atoms with van der Waals surface area (Å²) in [5.41, 5.74) is 6.61. The topological polar surface area (TPSA) is 50.1 Å². The van der Waals surface area contributed by atoms with Gasteiger partial charge in [-0.1, -0.05) is 23.2 Å². The van der Waals surface area contributed by atoms with Gasteiger partial charge in [0.15, 0.2) is 6.61 Å². The summed E-state index contributed by atoms with van der Waals surface area (Å²) in [5.74, 6) is -0.447. The van der Waals surface area contributed by atoms with Gasteiger partial charge >= 0.3 is 0 Å². The molecule has 0 unspecified atom stereocenters. The number of rotatable bonds is 3. The van der Waals surface area contributed by atoms with Gasteiger partial charge in [-0.05, 0) is 18.2 Å². The molecular formula is C8H6Cl2NO2. The Labute approximate surface area is 85.4 Å². The number of halogens is 2. The first-order chi connectivity index (χ1) is 6.09. The molecule has 0 fully saturated rings. The molecular weight excluding hydrogens is 213 g/mol. The van der Waals surface area contributed by atoms with E-state index in [1.807, 2.05) is 0 Å². The van der Waals surface area contributed by atoms with Crippen molar-refractivity contribution in [2.45, 2.75) is 0 Å². The van der Waals surface area contributed by atoms with Gasteiger partial charge in [0.05, 0.1) is 5.02 Å². The predicted octanol–water partition coefficient (Wildman–Crippen LogP) is 2.18. The molecule has 0 atom stereocenters. The zero-order valence-electron chi connectivity index (χ0n) is 6.51. The van der Waals surface area contributed by atoms with Gasteiger partial charge in [0.25, 0.3) is 5.91 Å². The van der Waals surface area contributed by atoms with Crippen molar-refractivity contribution in [1.82, 2.24) is 5.73 Å². The van der Waals surface area contributed by atoms with Gasteiger partial charge in [-0.3, -0.25) is 10.5 Å². The molecule has 1 radical (unpaired) electrons. The molecule has 0 aliphatic rings. The fourth-order valence-corrected chi connectivity index (χ4v) is 1.20. The predicted molar refractivity (Wildman–Crippen MR) is 50.1 cm³/mol. The summed E-state index contributed by atoms with van der Waals surface area (Å²) in [6, 6.07) is 4.65. The third kappa shape index (κ3) is 3.13. The summed E-state index contributed by atoms with van der Waals surface area (Å²) >= 11 is 11.4. The average Bonchev–Trinajstić information content (AvgIpc) is 2.02. The molecule has 0 aromatic heterocycles. The molecule has 13 heavy (non-hydrogen) atoms. The summed E-state index contributed by atoms with van der Waals surface area (Å²) in [5, 5.41) is 0.823. The number of hydrogen-bond acceptors (Lipinski definition) is 2. The lowest BCUT2D eigenvalue weighted by atomic mass is 10.3. The van der Waals surface area contributed by atoms with E-state index < -0.39 is 5.91 Å². The Kier molecular flexibility index (Phi) is 3.39. The minimum atomic E-state index is -0.800. The Hall–Kier alpha value is -0.930. The van der Waals surface area contributed by atoms with Gasteiger partial charge in [-0.2, -0.15) is 0 Å². The summed E-state index contributed by atoms with van der Waals surface area (Å²) in [6.07, 6.45) is 0. The van der Waals surface area contributed by atoms with Crippen LogP contribution in [0.4, 0.5) is 0 Å². The second-order valence-corrected chi connectivity index (χ2v) is 3.13. The van der Waals surface area contributed by atoms with Crippen molar-refractivity contribution in [2.75, 3.05) is 6.61 Å². The maximum Gasteiger partial charge on any atom is 0.276 e. The second-order valence-electron chi connectivity index (χ2n) is 2.29. The molecule has 0 spiro atoms. The molecule has 0 bridgehead atoms. The molecule has 0 saturated heterocycles. The highest BCUT2D eigenvalue weighted by Gasteiger charge is 2.03. The van der Waals surface area contributed by atoms with E-state index in [2.05, 4.69) is 0 Å². The largest absolute Gasteiger partial charge is 0.482 e. The number of carbonyl (C=O) groups is 1. The minimum absolute atomic E-state index is 0.304. The van der Waals surface area contributed by atoms with Crippen molar-refractivity contribution in [3.8, 4) is 5.75 Å². The van der Waals surface area contributed by atoms with Crippen LogP contribution < -0.4 is 10.5 Å². The zero-order valence-corrected chi connectivity index (χ0v) is 8.02. The van der Waals surface area contributed by atoms with Crippen molar-refractivity contribution in [2.24, 2.45) is 0 Å². The van der Waals surface area contributed by atoms with Gasteiger partial charge in [-0.15, -0.1) is 0 Å².